The third kappa shape index (κ3) is 3.54. The van der Waals surface area contributed by atoms with Gasteiger partial charge < -0.3 is 14.9 Å². The lowest BCUT2D eigenvalue weighted by molar-refractivity contribution is -0.153. The van der Waals surface area contributed by atoms with Gasteiger partial charge in [-0.3, -0.25) is 14.4 Å². The molecule has 0 radical (unpaired) electrons. The molecule has 0 aromatic carbocycles. The van der Waals surface area contributed by atoms with Gasteiger partial charge in [0.15, 0.2) is 0 Å². The molecular weight excluding hydrogens is 272 g/mol. The standard InChI is InChI=1S/C15H24N2O4/c1-15(2,3)17(9-12(18)19)14(21)11-5-4-8-16(11)13(20)10-6-7-10/h10-11H,4-9H2,1-3H3,(H,18,19). The molecule has 1 atom stereocenters. The molecule has 1 unspecified atom stereocenters. The van der Waals surface area contributed by atoms with Gasteiger partial charge in [-0.25, -0.2) is 0 Å². The minimum absolute atomic E-state index is 0.0648. The number of aliphatic carboxylic acids is 1. The summed E-state index contributed by atoms with van der Waals surface area (Å²) in [7, 11) is 0. The first-order valence-electron chi connectivity index (χ1n) is 7.55. The zero-order valence-corrected chi connectivity index (χ0v) is 13.0. The summed E-state index contributed by atoms with van der Waals surface area (Å²) in [4.78, 5) is 39.1. The first kappa shape index (κ1) is 15.8. The van der Waals surface area contributed by atoms with Gasteiger partial charge in [0.2, 0.25) is 11.8 Å². The minimum Gasteiger partial charge on any atom is -0.480 e. The highest BCUT2D eigenvalue weighted by molar-refractivity contribution is 5.91. The highest BCUT2D eigenvalue weighted by Gasteiger charge is 2.43. The summed E-state index contributed by atoms with van der Waals surface area (Å²) in [5.74, 6) is -1.12. The maximum atomic E-state index is 12.8. The van der Waals surface area contributed by atoms with E-state index >= 15 is 0 Å². The lowest BCUT2D eigenvalue weighted by Gasteiger charge is -2.38. The van der Waals surface area contributed by atoms with Gasteiger partial charge in [-0.1, -0.05) is 0 Å². The minimum atomic E-state index is -1.03. The first-order valence-corrected chi connectivity index (χ1v) is 7.55. The number of hydrogen-bond donors (Lipinski definition) is 1. The lowest BCUT2D eigenvalue weighted by atomic mass is 10.0. The van der Waals surface area contributed by atoms with Crippen molar-refractivity contribution in [2.24, 2.45) is 5.92 Å². The number of likely N-dealkylation sites (tertiary alicyclic amines) is 1. The second kappa shape index (κ2) is 5.66. The molecule has 1 aliphatic carbocycles. The van der Waals surface area contributed by atoms with E-state index in [9.17, 15) is 14.4 Å². The highest BCUT2D eigenvalue weighted by Crippen LogP contribution is 2.34. The Labute approximate surface area is 125 Å². The Bertz CT molecular complexity index is 451. The van der Waals surface area contributed by atoms with Crippen LogP contribution in [0.4, 0.5) is 0 Å². The fourth-order valence-electron chi connectivity index (χ4n) is 2.81. The molecule has 2 aliphatic rings. The molecule has 21 heavy (non-hydrogen) atoms. The molecule has 118 valence electrons. The molecule has 1 heterocycles. The number of hydrogen-bond acceptors (Lipinski definition) is 3. The van der Waals surface area contributed by atoms with Crippen LogP contribution < -0.4 is 0 Å². The van der Waals surface area contributed by atoms with Crippen LogP contribution in [-0.2, 0) is 14.4 Å². The second-order valence-corrected chi connectivity index (χ2v) is 6.95. The molecule has 0 bridgehead atoms. The van der Waals surface area contributed by atoms with Crippen molar-refractivity contribution in [3.05, 3.63) is 0 Å². The van der Waals surface area contributed by atoms with Crippen LogP contribution >= 0.6 is 0 Å². The van der Waals surface area contributed by atoms with E-state index in [2.05, 4.69) is 0 Å². The van der Waals surface area contributed by atoms with Crippen molar-refractivity contribution in [2.75, 3.05) is 13.1 Å². The van der Waals surface area contributed by atoms with E-state index in [1.54, 1.807) is 4.90 Å². The van der Waals surface area contributed by atoms with Gasteiger partial charge in [-0.05, 0) is 46.5 Å². The first-order chi connectivity index (χ1) is 9.71. The van der Waals surface area contributed by atoms with Crippen molar-refractivity contribution in [2.45, 2.75) is 58.0 Å². The van der Waals surface area contributed by atoms with Crippen LogP contribution in [0.5, 0.6) is 0 Å². The lowest BCUT2D eigenvalue weighted by Crippen LogP contribution is -2.55. The van der Waals surface area contributed by atoms with Gasteiger partial charge in [0, 0.05) is 18.0 Å². The average molecular weight is 296 g/mol. The van der Waals surface area contributed by atoms with Gasteiger partial charge in [0.1, 0.15) is 12.6 Å². The number of carbonyl (C=O) groups is 3. The third-order valence-corrected chi connectivity index (χ3v) is 4.12. The summed E-state index contributed by atoms with van der Waals surface area (Å²) in [5.41, 5.74) is -0.577. The third-order valence-electron chi connectivity index (χ3n) is 4.12. The smallest absolute Gasteiger partial charge is 0.323 e. The quantitative estimate of drug-likeness (QED) is 0.842. The highest BCUT2D eigenvalue weighted by atomic mass is 16.4. The summed E-state index contributed by atoms with van der Waals surface area (Å²) < 4.78 is 0. The van der Waals surface area contributed by atoms with Crippen molar-refractivity contribution >= 4 is 17.8 Å². The van der Waals surface area contributed by atoms with Crippen molar-refractivity contribution in [3.8, 4) is 0 Å². The van der Waals surface area contributed by atoms with Crippen LogP contribution in [0.3, 0.4) is 0 Å². The predicted octanol–water partition coefficient (Wildman–Crippen LogP) is 1.10. The number of carbonyl (C=O) groups excluding carboxylic acids is 2. The fraction of sp³-hybridized carbons (Fsp3) is 0.800. The van der Waals surface area contributed by atoms with Crippen LogP contribution in [0.1, 0.15) is 46.5 Å². The molecule has 1 aliphatic heterocycles. The molecular formula is C15H24N2O4. The number of nitrogens with zero attached hydrogens (tertiary/aromatic N) is 2. The van der Waals surface area contributed by atoms with Crippen molar-refractivity contribution < 1.29 is 19.5 Å². The van der Waals surface area contributed by atoms with E-state index in [1.165, 1.54) is 4.90 Å². The molecule has 2 amide bonds. The van der Waals surface area contributed by atoms with Crippen LogP contribution in [-0.4, -0.2) is 57.4 Å². The van der Waals surface area contributed by atoms with Gasteiger partial charge in [-0.2, -0.15) is 0 Å². The molecule has 0 aromatic heterocycles. The molecule has 0 spiro atoms. The zero-order chi connectivity index (χ0) is 15.8. The van der Waals surface area contributed by atoms with Crippen molar-refractivity contribution in [1.29, 1.82) is 0 Å². The van der Waals surface area contributed by atoms with E-state index < -0.39 is 17.6 Å². The fourth-order valence-corrected chi connectivity index (χ4v) is 2.81. The van der Waals surface area contributed by atoms with E-state index in [1.807, 2.05) is 20.8 Å². The molecule has 1 saturated heterocycles. The molecule has 0 aromatic rings. The summed E-state index contributed by atoms with van der Waals surface area (Å²) >= 11 is 0. The summed E-state index contributed by atoms with van der Waals surface area (Å²) in [6, 6.07) is -0.489. The Hall–Kier alpha value is -1.59. The van der Waals surface area contributed by atoms with E-state index in [4.69, 9.17) is 5.11 Å². The van der Waals surface area contributed by atoms with E-state index in [-0.39, 0.29) is 24.3 Å². The number of amides is 2. The van der Waals surface area contributed by atoms with Crippen molar-refractivity contribution in [3.63, 3.8) is 0 Å². The molecule has 6 nitrogen and oxygen atoms in total. The summed E-state index contributed by atoms with van der Waals surface area (Å²) in [5, 5.41) is 9.04. The Kier molecular flexibility index (Phi) is 4.25. The normalized spacial score (nSPS) is 22.2. The molecule has 1 N–H and O–H groups in total. The number of carboxylic acids is 1. The maximum absolute atomic E-state index is 12.8. The molecule has 6 heteroatoms. The van der Waals surface area contributed by atoms with Gasteiger partial charge in [-0.15, -0.1) is 0 Å². The Morgan fingerprint density at radius 2 is 1.81 bits per heavy atom. The monoisotopic (exact) mass is 296 g/mol. The Balaban J connectivity index is 2.14. The zero-order valence-electron chi connectivity index (χ0n) is 13.0. The Morgan fingerprint density at radius 3 is 2.29 bits per heavy atom. The maximum Gasteiger partial charge on any atom is 0.323 e. The molecule has 1 saturated carbocycles. The Morgan fingerprint density at radius 1 is 1.19 bits per heavy atom. The van der Waals surface area contributed by atoms with Gasteiger partial charge >= 0.3 is 5.97 Å². The van der Waals surface area contributed by atoms with Crippen molar-refractivity contribution in [1.82, 2.24) is 9.80 Å². The summed E-state index contributed by atoms with van der Waals surface area (Å²) in [6.45, 7) is 5.72. The average Bonchev–Trinajstić information content (AvgIpc) is 3.10. The van der Waals surface area contributed by atoms with E-state index in [0.717, 1.165) is 19.3 Å². The SMILES string of the molecule is CC(C)(C)N(CC(=O)O)C(=O)C1CCCN1C(=O)C1CC1. The van der Waals surface area contributed by atoms with Gasteiger partial charge in [0.05, 0.1) is 0 Å². The molecule has 2 rings (SSSR count). The number of carboxylic acid groups (broad SMARTS) is 1. The van der Waals surface area contributed by atoms with Crippen LogP contribution in [0, 0.1) is 5.92 Å². The topological polar surface area (TPSA) is 77.9 Å². The largest absolute Gasteiger partial charge is 0.480 e. The predicted molar refractivity (Wildman–Crippen MR) is 76.6 cm³/mol. The molecule has 2 fully saturated rings. The number of rotatable bonds is 4. The van der Waals surface area contributed by atoms with E-state index in [0.29, 0.717) is 13.0 Å². The van der Waals surface area contributed by atoms with Gasteiger partial charge in [0.25, 0.3) is 0 Å². The van der Waals surface area contributed by atoms with Crippen LogP contribution in [0.2, 0.25) is 0 Å². The summed E-state index contributed by atoms with van der Waals surface area (Å²) in [6.07, 6.45) is 3.26. The second-order valence-electron chi connectivity index (χ2n) is 6.95. The van der Waals surface area contributed by atoms with Crippen LogP contribution in [0.25, 0.3) is 0 Å². The van der Waals surface area contributed by atoms with Crippen LogP contribution in [0.15, 0.2) is 0 Å².